The molecule has 0 amide bonds. The summed E-state index contributed by atoms with van der Waals surface area (Å²) in [5, 5.41) is 20.9. The molecule has 3 fully saturated rings. The quantitative estimate of drug-likeness (QED) is 0.783. The normalized spacial score (nSPS) is 50.2. The van der Waals surface area contributed by atoms with E-state index in [2.05, 4.69) is 20.8 Å². The number of carbonyl (C=O) groups excluding carboxylic acids is 1. The molecule has 4 nitrogen and oxygen atoms in total. The summed E-state index contributed by atoms with van der Waals surface area (Å²) in [6.07, 6.45) is 3.76. The van der Waals surface area contributed by atoms with Crippen molar-refractivity contribution < 1.29 is 19.7 Å². The van der Waals surface area contributed by atoms with Crippen molar-refractivity contribution in [2.75, 3.05) is 13.2 Å². The zero-order chi connectivity index (χ0) is 15.7. The lowest BCUT2D eigenvalue weighted by Gasteiger charge is -2.47. The Kier molecular flexibility index (Phi) is 3.08. The van der Waals surface area contributed by atoms with Crippen LogP contribution < -0.4 is 0 Å². The molecule has 0 unspecified atom stereocenters. The van der Waals surface area contributed by atoms with Crippen molar-refractivity contribution >= 4 is 5.97 Å². The average Bonchev–Trinajstić information content (AvgIpc) is 2.89. The van der Waals surface area contributed by atoms with Crippen molar-refractivity contribution in [1.82, 2.24) is 0 Å². The molecule has 120 valence electrons. The molecule has 0 aromatic carbocycles. The maximum Gasteiger partial charge on any atom is 0.302 e. The summed E-state index contributed by atoms with van der Waals surface area (Å²) < 4.78 is 5.28. The Bertz CT molecular complexity index is 473. The Hall–Kier alpha value is -0.610. The molecule has 3 aliphatic rings. The number of ether oxygens (including phenoxy) is 1. The second kappa shape index (κ2) is 4.23. The van der Waals surface area contributed by atoms with Crippen molar-refractivity contribution in [1.29, 1.82) is 0 Å². The lowest BCUT2D eigenvalue weighted by Crippen LogP contribution is -2.54. The number of aliphatic hydroxyl groups is 2. The minimum absolute atomic E-state index is 0.0172. The van der Waals surface area contributed by atoms with E-state index in [1.165, 1.54) is 6.92 Å². The summed E-state index contributed by atoms with van der Waals surface area (Å²) in [7, 11) is 0. The molecule has 0 aromatic rings. The van der Waals surface area contributed by atoms with Crippen molar-refractivity contribution in [2.45, 2.75) is 59.0 Å². The van der Waals surface area contributed by atoms with Crippen LogP contribution in [-0.4, -0.2) is 35.0 Å². The Morgan fingerprint density at radius 2 is 1.90 bits per heavy atom. The van der Waals surface area contributed by atoms with E-state index in [1.54, 1.807) is 0 Å². The molecular weight excluding hydrogens is 268 g/mol. The fraction of sp³-hybridized carbons (Fsp3) is 0.941. The van der Waals surface area contributed by atoms with Crippen LogP contribution in [-0.2, 0) is 9.53 Å². The zero-order valence-corrected chi connectivity index (χ0v) is 13.6. The van der Waals surface area contributed by atoms with Gasteiger partial charge in [0.15, 0.2) is 0 Å². The third-order valence-electron chi connectivity index (χ3n) is 6.89. The van der Waals surface area contributed by atoms with Crippen LogP contribution in [0.5, 0.6) is 0 Å². The van der Waals surface area contributed by atoms with Gasteiger partial charge in [0, 0.05) is 12.3 Å². The first kappa shape index (κ1) is 15.3. The first-order valence-electron chi connectivity index (χ1n) is 8.06. The van der Waals surface area contributed by atoms with E-state index in [0.29, 0.717) is 23.7 Å². The third kappa shape index (κ3) is 1.91. The highest BCUT2D eigenvalue weighted by molar-refractivity contribution is 5.66. The van der Waals surface area contributed by atoms with Gasteiger partial charge >= 0.3 is 5.97 Å². The molecule has 4 heteroatoms. The summed E-state index contributed by atoms with van der Waals surface area (Å²) in [6.45, 7) is 8.20. The van der Waals surface area contributed by atoms with Crippen LogP contribution in [0.3, 0.4) is 0 Å². The third-order valence-corrected chi connectivity index (χ3v) is 6.89. The minimum Gasteiger partial charge on any atom is -0.465 e. The maximum absolute atomic E-state index is 11.2. The predicted molar refractivity (Wildman–Crippen MR) is 78.4 cm³/mol. The van der Waals surface area contributed by atoms with Crippen molar-refractivity contribution in [3.8, 4) is 0 Å². The van der Waals surface area contributed by atoms with E-state index in [4.69, 9.17) is 4.74 Å². The van der Waals surface area contributed by atoms with Gasteiger partial charge in [-0.1, -0.05) is 20.8 Å². The monoisotopic (exact) mass is 296 g/mol. The van der Waals surface area contributed by atoms with Gasteiger partial charge in [0.25, 0.3) is 0 Å². The molecule has 2 N–H and O–H groups in total. The summed E-state index contributed by atoms with van der Waals surface area (Å²) >= 11 is 0. The van der Waals surface area contributed by atoms with E-state index < -0.39 is 11.0 Å². The molecule has 0 radical (unpaired) electrons. The number of hydrogen-bond donors (Lipinski definition) is 2. The molecule has 3 rings (SSSR count). The van der Waals surface area contributed by atoms with Gasteiger partial charge in [0.2, 0.25) is 0 Å². The molecule has 3 saturated carbocycles. The second-order valence-corrected chi connectivity index (χ2v) is 8.79. The van der Waals surface area contributed by atoms with Gasteiger partial charge in [0.1, 0.15) is 6.61 Å². The highest BCUT2D eigenvalue weighted by Gasteiger charge is 2.80. The van der Waals surface area contributed by atoms with Gasteiger partial charge < -0.3 is 14.9 Å². The number of carbonyl (C=O) groups is 1. The van der Waals surface area contributed by atoms with Crippen LogP contribution in [0.1, 0.15) is 53.4 Å². The lowest BCUT2D eigenvalue weighted by molar-refractivity contribution is -0.168. The molecule has 21 heavy (non-hydrogen) atoms. The number of aliphatic hydroxyl groups excluding tert-OH is 1. The van der Waals surface area contributed by atoms with Gasteiger partial charge in [0.05, 0.1) is 12.2 Å². The molecule has 0 aliphatic heterocycles. The number of esters is 1. The van der Waals surface area contributed by atoms with Crippen LogP contribution in [0.25, 0.3) is 0 Å². The lowest BCUT2D eigenvalue weighted by atomic mass is 9.61. The SMILES string of the molecule is CC(=O)OC[C@]12C[C@@]1(C)[C@H]1CC(C)(C)C[C@H]1C[C@]2(O)CO. The van der Waals surface area contributed by atoms with Crippen molar-refractivity contribution in [3.63, 3.8) is 0 Å². The van der Waals surface area contributed by atoms with Crippen molar-refractivity contribution in [2.24, 2.45) is 28.1 Å². The van der Waals surface area contributed by atoms with Crippen molar-refractivity contribution in [3.05, 3.63) is 0 Å². The molecule has 0 aromatic heterocycles. The van der Waals surface area contributed by atoms with Crippen LogP contribution in [0.2, 0.25) is 0 Å². The van der Waals surface area contributed by atoms with Crippen LogP contribution in [0.4, 0.5) is 0 Å². The van der Waals surface area contributed by atoms with E-state index in [9.17, 15) is 15.0 Å². The van der Waals surface area contributed by atoms with Gasteiger partial charge in [-0.05, 0) is 48.3 Å². The van der Waals surface area contributed by atoms with Crippen LogP contribution in [0, 0.1) is 28.1 Å². The molecule has 0 heterocycles. The number of fused-ring (bicyclic) bond motifs is 3. The average molecular weight is 296 g/mol. The number of rotatable bonds is 3. The van der Waals surface area contributed by atoms with E-state index >= 15 is 0 Å². The summed E-state index contributed by atoms with van der Waals surface area (Å²) in [4.78, 5) is 11.2. The highest BCUT2D eigenvalue weighted by Crippen LogP contribution is 2.80. The Balaban J connectivity index is 1.93. The van der Waals surface area contributed by atoms with E-state index in [1.807, 2.05) is 0 Å². The molecule has 0 bridgehead atoms. The Labute approximate surface area is 126 Å². The van der Waals surface area contributed by atoms with Gasteiger partial charge in [-0.15, -0.1) is 0 Å². The van der Waals surface area contributed by atoms with Gasteiger partial charge in [-0.25, -0.2) is 0 Å². The zero-order valence-electron chi connectivity index (χ0n) is 13.6. The topological polar surface area (TPSA) is 66.8 Å². The molecule has 3 aliphatic carbocycles. The smallest absolute Gasteiger partial charge is 0.302 e. The van der Waals surface area contributed by atoms with Crippen LogP contribution in [0.15, 0.2) is 0 Å². The molecule has 5 atom stereocenters. The maximum atomic E-state index is 11.2. The standard InChI is InChI=1S/C17H28O4/c1-11(19)21-10-16-8-15(16,4)13-7-14(2,3)5-12(13)6-17(16,20)9-18/h12-13,18,20H,5-10H2,1-4H3/t12-,13-,15-,16+,17-/m0/s1. The second-order valence-electron chi connectivity index (χ2n) is 8.79. The van der Waals surface area contributed by atoms with E-state index in [0.717, 1.165) is 19.3 Å². The van der Waals surface area contributed by atoms with Crippen LogP contribution >= 0.6 is 0 Å². The molecule has 0 saturated heterocycles. The number of hydrogen-bond acceptors (Lipinski definition) is 4. The summed E-state index contributed by atoms with van der Waals surface area (Å²) in [5.41, 5.74) is -1.29. The first-order chi connectivity index (χ1) is 9.59. The minimum atomic E-state index is -1.11. The summed E-state index contributed by atoms with van der Waals surface area (Å²) in [5.74, 6) is 0.720. The highest BCUT2D eigenvalue weighted by atomic mass is 16.5. The fourth-order valence-electron chi connectivity index (χ4n) is 5.84. The summed E-state index contributed by atoms with van der Waals surface area (Å²) in [6, 6.07) is 0. The van der Waals surface area contributed by atoms with Gasteiger partial charge in [-0.3, -0.25) is 4.79 Å². The molecular formula is C17H28O4. The van der Waals surface area contributed by atoms with E-state index in [-0.39, 0.29) is 24.6 Å². The predicted octanol–water partition coefficient (Wildman–Crippen LogP) is 2.13. The first-order valence-corrected chi connectivity index (χ1v) is 8.06. The molecule has 0 spiro atoms. The largest absolute Gasteiger partial charge is 0.465 e. The Morgan fingerprint density at radius 1 is 1.24 bits per heavy atom. The fourth-order valence-corrected chi connectivity index (χ4v) is 5.84. The Morgan fingerprint density at radius 3 is 2.48 bits per heavy atom. The van der Waals surface area contributed by atoms with Gasteiger partial charge in [-0.2, -0.15) is 0 Å².